The van der Waals surface area contributed by atoms with Gasteiger partial charge in [0.05, 0.1) is 54.3 Å². The third-order valence-electron chi connectivity index (χ3n) is 11.4. The van der Waals surface area contributed by atoms with Crippen LogP contribution in [0.1, 0.15) is 77.0 Å². The first kappa shape index (κ1) is 44.4. The molecule has 7 rings (SSSR count). The second-order valence-corrected chi connectivity index (χ2v) is 18.9. The van der Waals surface area contributed by atoms with Gasteiger partial charge in [-0.25, -0.2) is 14.4 Å². The summed E-state index contributed by atoms with van der Waals surface area (Å²) < 4.78 is 32.5. The van der Waals surface area contributed by atoms with Crippen LogP contribution < -0.4 is 25.0 Å². The lowest BCUT2D eigenvalue weighted by atomic mass is 9.85. The van der Waals surface area contributed by atoms with E-state index in [1.807, 2.05) is 42.8 Å². The molecule has 3 aliphatic rings. The molecule has 0 spiro atoms. The summed E-state index contributed by atoms with van der Waals surface area (Å²) in [6, 6.07) is 11.9. The molecule has 0 bridgehead atoms. The number of hydrogen-bond donors (Lipinski definition) is 3. The van der Waals surface area contributed by atoms with Gasteiger partial charge in [0.2, 0.25) is 11.8 Å². The summed E-state index contributed by atoms with van der Waals surface area (Å²) in [5.74, 6) is -0.304. The smallest absolute Gasteiger partial charge is 0.258 e. The second-order valence-electron chi connectivity index (χ2n) is 17.2. The van der Waals surface area contributed by atoms with E-state index in [-0.39, 0.29) is 32.4 Å². The number of morpholine rings is 1. The summed E-state index contributed by atoms with van der Waals surface area (Å²) in [5, 5.41) is 19.3. The largest absolute Gasteiger partial charge is 0.494 e. The van der Waals surface area contributed by atoms with Crippen LogP contribution in [0.15, 0.2) is 53.4 Å². The van der Waals surface area contributed by atoms with E-state index in [0.29, 0.717) is 19.0 Å². The van der Waals surface area contributed by atoms with Crippen molar-refractivity contribution in [2.45, 2.75) is 103 Å². The van der Waals surface area contributed by atoms with Crippen LogP contribution in [0.2, 0.25) is 0 Å². The zero-order chi connectivity index (χ0) is 43.1. The first-order valence-corrected chi connectivity index (χ1v) is 23.0. The number of aliphatic hydroxyl groups is 1. The predicted octanol–water partition coefficient (Wildman–Crippen LogP) is 6.71. The van der Waals surface area contributed by atoms with Crippen molar-refractivity contribution in [1.82, 2.24) is 25.5 Å². The Morgan fingerprint density at radius 3 is 2.38 bits per heavy atom. The number of β-amino-alcohol motifs (C(OH)–C–C–N with tert-alkyl or cyclic N) is 1. The van der Waals surface area contributed by atoms with E-state index >= 15 is 0 Å². The number of rotatable bonds is 18. The van der Waals surface area contributed by atoms with Crippen molar-refractivity contribution in [2.75, 3.05) is 51.0 Å². The van der Waals surface area contributed by atoms with Gasteiger partial charge >= 0.3 is 0 Å². The number of anilines is 1. The van der Waals surface area contributed by atoms with Crippen molar-refractivity contribution in [2.24, 2.45) is 5.41 Å². The lowest BCUT2D eigenvalue weighted by molar-refractivity contribution is -0.145. The summed E-state index contributed by atoms with van der Waals surface area (Å²) in [7, 11) is 0. The van der Waals surface area contributed by atoms with E-state index < -0.39 is 47.0 Å². The molecule has 2 aromatic heterocycles. The number of carbonyl (C=O) groups is 3. The number of ether oxygens (including phenoxy) is 3. The number of amides is 3. The van der Waals surface area contributed by atoms with Crippen LogP contribution in [0.5, 0.6) is 11.5 Å². The van der Waals surface area contributed by atoms with Crippen LogP contribution in [-0.2, 0) is 25.7 Å². The summed E-state index contributed by atoms with van der Waals surface area (Å²) in [4.78, 5) is 54.1. The maximum absolute atomic E-state index is 14.6. The lowest BCUT2D eigenvalue weighted by Gasteiger charge is -2.35. The third kappa shape index (κ3) is 11.3. The Hall–Kier alpha value is -4.64. The first-order valence-electron chi connectivity index (χ1n) is 21.2. The average molecular weight is 877 g/mol. The van der Waals surface area contributed by atoms with Crippen LogP contribution in [0.4, 0.5) is 9.52 Å². The molecule has 4 aromatic rings. The van der Waals surface area contributed by atoms with Gasteiger partial charge in [-0.05, 0) is 86.8 Å². The summed E-state index contributed by atoms with van der Waals surface area (Å²) in [6.45, 7) is 11.6. The molecule has 3 N–H and O–H groups in total. The van der Waals surface area contributed by atoms with E-state index in [4.69, 9.17) is 19.2 Å². The monoisotopic (exact) mass is 876 g/mol. The number of thiazole rings is 2. The quantitative estimate of drug-likeness (QED) is 0.0920. The Balaban J connectivity index is 0.892. The van der Waals surface area contributed by atoms with Gasteiger partial charge in [0.1, 0.15) is 23.6 Å². The number of alkyl halides is 1. The van der Waals surface area contributed by atoms with Crippen molar-refractivity contribution in [3.05, 3.63) is 64.6 Å². The molecule has 1 saturated carbocycles. The van der Waals surface area contributed by atoms with E-state index in [1.54, 1.807) is 43.4 Å². The minimum absolute atomic E-state index is 0.0454. The van der Waals surface area contributed by atoms with E-state index in [2.05, 4.69) is 38.0 Å². The SMILES string of the molecule is Cc1ncsc1-c1ccc(CNC(=O)[C@@H]2C[C@@H](O)CN2C(=O)[C@@H](NC(=O)C2(F)CC2)C(C)(C)C)c(OCCCCCCOc2ccc(-c3csc(N4CCOCC4)n3)cc2)c1. The molecule has 1 aliphatic carbocycles. The molecule has 328 valence electrons. The average Bonchev–Trinajstić information content (AvgIpc) is 3.57. The zero-order valence-electron chi connectivity index (χ0n) is 35.4. The van der Waals surface area contributed by atoms with Crippen molar-refractivity contribution in [3.8, 4) is 33.2 Å². The Kier molecular flexibility index (Phi) is 14.3. The Labute approximate surface area is 365 Å². The van der Waals surface area contributed by atoms with Crippen molar-refractivity contribution < 1.29 is 38.1 Å². The molecule has 2 aromatic carbocycles. The molecule has 2 aliphatic heterocycles. The van der Waals surface area contributed by atoms with Crippen LogP contribution in [0.3, 0.4) is 0 Å². The molecule has 3 amide bonds. The maximum Gasteiger partial charge on any atom is 0.258 e. The molecule has 16 heteroatoms. The molecule has 61 heavy (non-hydrogen) atoms. The van der Waals surface area contributed by atoms with Gasteiger partial charge in [0.15, 0.2) is 10.8 Å². The number of unbranched alkanes of at least 4 members (excludes halogenated alkanes) is 3. The van der Waals surface area contributed by atoms with Crippen LogP contribution in [-0.4, -0.2) is 108 Å². The fourth-order valence-electron chi connectivity index (χ4n) is 7.52. The van der Waals surface area contributed by atoms with Crippen LogP contribution in [0.25, 0.3) is 21.7 Å². The fraction of sp³-hybridized carbons (Fsp3) is 0.533. The van der Waals surface area contributed by atoms with Crippen LogP contribution >= 0.6 is 22.7 Å². The highest BCUT2D eigenvalue weighted by molar-refractivity contribution is 7.14. The number of nitrogens with zero attached hydrogens (tertiary/aromatic N) is 4. The molecule has 4 heterocycles. The van der Waals surface area contributed by atoms with Gasteiger partial charge in [-0.15, -0.1) is 22.7 Å². The summed E-state index contributed by atoms with van der Waals surface area (Å²) >= 11 is 3.21. The number of halogens is 1. The molecular weight excluding hydrogens is 820 g/mol. The van der Waals surface area contributed by atoms with Crippen molar-refractivity contribution in [3.63, 3.8) is 0 Å². The molecule has 3 atom stereocenters. The number of carbonyl (C=O) groups excluding carboxylic acids is 3. The summed E-state index contributed by atoms with van der Waals surface area (Å²) in [6.07, 6.45) is 3.02. The van der Waals surface area contributed by atoms with E-state index in [0.717, 1.165) is 95.8 Å². The molecule has 0 radical (unpaired) electrons. The minimum Gasteiger partial charge on any atom is -0.494 e. The summed E-state index contributed by atoms with van der Waals surface area (Å²) in [5.41, 5.74) is 3.76. The highest BCUT2D eigenvalue weighted by Crippen LogP contribution is 2.41. The number of aromatic nitrogens is 2. The number of aliphatic hydroxyl groups excluding tert-OH is 1. The molecule has 13 nitrogen and oxygen atoms in total. The first-order chi connectivity index (χ1) is 29.3. The fourth-order valence-corrected chi connectivity index (χ4v) is 9.21. The maximum atomic E-state index is 14.6. The Morgan fingerprint density at radius 2 is 1.70 bits per heavy atom. The van der Waals surface area contributed by atoms with Gasteiger partial charge in [0.25, 0.3) is 5.91 Å². The van der Waals surface area contributed by atoms with Gasteiger partial charge < -0.3 is 39.8 Å². The highest BCUT2D eigenvalue weighted by atomic mass is 32.1. The molecule has 2 saturated heterocycles. The van der Waals surface area contributed by atoms with E-state index in [1.165, 1.54) is 4.90 Å². The number of likely N-dealkylation sites (tertiary alicyclic amines) is 1. The number of aryl methyl sites for hydroxylation is 1. The Bertz CT molecular complexity index is 2130. The third-order valence-corrected chi connectivity index (χ3v) is 13.2. The standard InChI is InChI=1S/C45H57FN6O7S2/c1-29-38(61-28-48-29)31-9-10-32(25-47-40(54)36-24-33(53)26-52(36)41(55)39(44(2,3)4)50-42(56)45(46)15-16-45)37(23-31)59-20-8-6-5-7-19-58-34-13-11-30(12-14-34)35-27-60-43(49-35)51-17-21-57-22-18-51/h9-14,23,27-28,33,36,39,53H,5-8,15-22,24-26H2,1-4H3,(H,47,54)(H,50,56)/t33-,36+,39-/m1/s1. The number of nitrogens with one attached hydrogen (secondary N) is 2. The molecule has 0 unspecified atom stereocenters. The number of hydrogen-bond acceptors (Lipinski definition) is 12. The van der Waals surface area contributed by atoms with Crippen molar-refractivity contribution >= 4 is 45.5 Å². The zero-order valence-corrected chi connectivity index (χ0v) is 37.0. The topological polar surface area (TPSA) is 155 Å². The van der Waals surface area contributed by atoms with Gasteiger partial charge in [-0.2, -0.15) is 0 Å². The molecular formula is C45H57FN6O7S2. The molecule has 3 fully saturated rings. The Morgan fingerprint density at radius 1 is 1.00 bits per heavy atom. The predicted molar refractivity (Wildman–Crippen MR) is 235 cm³/mol. The highest BCUT2D eigenvalue weighted by Gasteiger charge is 2.53. The normalized spacial score (nSPS) is 19.0. The second kappa shape index (κ2) is 19.6. The van der Waals surface area contributed by atoms with E-state index in [9.17, 15) is 23.9 Å². The van der Waals surface area contributed by atoms with Crippen molar-refractivity contribution in [1.29, 1.82) is 0 Å². The van der Waals surface area contributed by atoms with Crippen LogP contribution in [0, 0.1) is 12.3 Å². The van der Waals surface area contributed by atoms with Gasteiger partial charge in [0, 0.05) is 49.1 Å². The minimum atomic E-state index is -1.96. The number of benzene rings is 2. The van der Waals surface area contributed by atoms with Gasteiger partial charge in [-0.3, -0.25) is 14.4 Å². The lowest BCUT2D eigenvalue weighted by Crippen LogP contribution is -2.59. The van der Waals surface area contributed by atoms with Gasteiger partial charge in [-0.1, -0.05) is 32.9 Å².